The zero-order chi connectivity index (χ0) is 10.2. The molecular weight excluding hydrogens is 182 g/mol. The molecule has 2 rings (SSSR count). The number of carbonyl (C=O) groups is 2. The Kier molecular flexibility index (Phi) is 2.06. The Morgan fingerprint density at radius 1 is 1.50 bits per heavy atom. The van der Waals surface area contributed by atoms with Gasteiger partial charge >= 0.3 is 5.97 Å². The highest BCUT2D eigenvalue weighted by Gasteiger charge is 2.46. The van der Waals surface area contributed by atoms with Crippen molar-refractivity contribution in [3.05, 3.63) is 11.8 Å². The zero-order valence-electron chi connectivity index (χ0n) is 7.88. The summed E-state index contributed by atoms with van der Waals surface area (Å²) in [6.07, 6.45) is 5.03. The molecule has 1 fully saturated rings. The maximum Gasteiger partial charge on any atom is 0.315 e. The van der Waals surface area contributed by atoms with E-state index in [2.05, 4.69) is 5.32 Å². The van der Waals surface area contributed by atoms with Crippen molar-refractivity contribution >= 4 is 11.9 Å². The van der Waals surface area contributed by atoms with Gasteiger partial charge in [0.2, 0.25) is 5.91 Å². The molecule has 0 spiro atoms. The topological polar surface area (TPSA) is 66.4 Å². The van der Waals surface area contributed by atoms with Gasteiger partial charge in [-0.2, -0.15) is 0 Å². The van der Waals surface area contributed by atoms with Gasteiger partial charge in [0.15, 0.2) is 0 Å². The number of carboxylic acid groups (broad SMARTS) is 1. The number of nitrogens with one attached hydrogen (secondary N) is 1. The van der Waals surface area contributed by atoms with Crippen LogP contribution in [0.4, 0.5) is 0 Å². The van der Waals surface area contributed by atoms with Crippen LogP contribution in [0.3, 0.4) is 0 Å². The summed E-state index contributed by atoms with van der Waals surface area (Å²) in [5.74, 6) is -0.863. The van der Waals surface area contributed by atoms with E-state index >= 15 is 0 Å². The first-order valence-corrected chi connectivity index (χ1v) is 4.89. The number of amides is 1. The molecule has 1 saturated heterocycles. The molecule has 14 heavy (non-hydrogen) atoms. The van der Waals surface area contributed by atoms with Crippen molar-refractivity contribution in [3.8, 4) is 0 Å². The number of piperidine rings is 1. The van der Waals surface area contributed by atoms with Crippen LogP contribution in [0.2, 0.25) is 0 Å². The SMILES string of the molecule is O=C1CC[C@@]2(C(=O)O)CCCC=C2N1. The molecule has 1 amide bonds. The molecule has 0 radical (unpaired) electrons. The van der Waals surface area contributed by atoms with Crippen molar-refractivity contribution in [1.29, 1.82) is 0 Å². The van der Waals surface area contributed by atoms with Crippen molar-refractivity contribution < 1.29 is 14.7 Å². The summed E-state index contributed by atoms with van der Waals surface area (Å²) < 4.78 is 0. The lowest BCUT2D eigenvalue weighted by Gasteiger charge is -2.38. The normalized spacial score (nSPS) is 31.4. The van der Waals surface area contributed by atoms with Crippen LogP contribution < -0.4 is 5.32 Å². The molecule has 1 heterocycles. The second-order valence-corrected chi connectivity index (χ2v) is 3.95. The third kappa shape index (κ3) is 1.22. The van der Waals surface area contributed by atoms with Gasteiger partial charge in [0, 0.05) is 12.1 Å². The van der Waals surface area contributed by atoms with E-state index in [0.717, 1.165) is 12.8 Å². The van der Waals surface area contributed by atoms with E-state index in [9.17, 15) is 14.7 Å². The standard InChI is InChI=1S/C10H13NO3/c12-8-4-6-10(9(13)14)5-2-1-3-7(10)11-8/h3H,1-2,4-6H2,(H,11,12)(H,13,14)/t10-/m0/s1. The first-order chi connectivity index (χ1) is 6.65. The minimum Gasteiger partial charge on any atom is -0.481 e. The highest BCUT2D eigenvalue weighted by atomic mass is 16.4. The van der Waals surface area contributed by atoms with Crippen LogP contribution in [0.5, 0.6) is 0 Å². The highest BCUT2D eigenvalue weighted by molar-refractivity contribution is 5.87. The molecule has 1 aliphatic heterocycles. The molecule has 76 valence electrons. The van der Waals surface area contributed by atoms with Crippen molar-refractivity contribution in [2.75, 3.05) is 0 Å². The summed E-state index contributed by atoms with van der Waals surface area (Å²) in [4.78, 5) is 22.4. The number of fused-ring (bicyclic) bond motifs is 1. The van der Waals surface area contributed by atoms with Crippen LogP contribution in [0, 0.1) is 5.41 Å². The fraction of sp³-hybridized carbons (Fsp3) is 0.600. The maximum absolute atomic E-state index is 11.2. The monoisotopic (exact) mass is 195 g/mol. The molecule has 0 aromatic rings. The first kappa shape index (κ1) is 9.24. The number of rotatable bonds is 1. The summed E-state index contributed by atoms with van der Waals surface area (Å²) in [5, 5.41) is 11.9. The van der Waals surface area contributed by atoms with E-state index in [0.29, 0.717) is 25.0 Å². The molecule has 1 aliphatic carbocycles. The van der Waals surface area contributed by atoms with Gasteiger partial charge in [0.1, 0.15) is 5.41 Å². The first-order valence-electron chi connectivity index (χ1n) is 4.89. The van der Waals surface area contributed by atoms with Crippen LogP contribution in [-0.2, 0) is 9.59 Å². The van der Waals surface area contributed by atoms with Gasteiger partial charge in [-0.3, -0.25) is 9.59 Å². The molecule has 0 aromatic carbocycles. The molecule has 1 atom stereocenters. The summed E-state index contributed by atoms with van der Waals surface area (Å²) in [5.41, 5.74) is -0.181. The third-order valence-electron chi connectivity index (χ3n) is 3.13. The summed E-state index contributed by atoms with van der Waals surface area (Å²) in [7, 11) is 0. The predicted molar refractivity (Wildman–Crippen MR) is 49.4 cm³/mol. The van der Waals surface area contributed by atoms with Gasteiger partial charge < -0.3 is 10.4 Å². The smallest absolute Gasteiger partial charge is 0.315 e. The summed E-state index contributed by atoms with van der Waals surface area (Å²) in [6, 6.07) is 0. The Bertz CT molecular complexity index is 321. The van der Waals surface area contributed by atoms with Crippen LogP contribution in [0.1, 0.15) is 32.1 Å². The Balaban J connectivity index is 2.36. The largest absolute Gasteiger partial charge is 0.481 e. The molecule has 0 bridgehead atoms. The van der Waals surface area contributed by atoms with Gasteiger partial charge in [-0.15, -0.1) is 0 Å². The van der Waals surface area contributed by atoms with Crippen LogP contribution in [0.15, 0.2) is 11.8 Å². The van der Waals surface area contributed by atoms with Gasteiger partial charge in [0.25, 0.3) is 0 Å². The lowest BCUT2D eigenvalue weighted by molar-refractivity contribution is -0.149. The predicted octanol–water partition coefficient (Wildman–Crippen LogP) is 1.04. The minimum absolute atomic E-state index is 0.0602. The molecule has 4 nitrogen and oxygen atoms in total. The lowest BCUT2D eigenvalue weighted by Crippen LogP contribution is -2.47. The second-order valence-electron chi connectivity index (χ2n) is 3.95. The van der Waals surface area contributed by atoms with Gasteiger partial charge in [-0.05, 0) is 25.7 Å². The van der Waals surface area contributed by atoms with Crippen molar-refractivity contribution in [3.63, 3.8) is 0 Å². The Labute approximate surface area is 82.0 Å². The molecule has 0 saturated carbocycles. The van der Waals surface area contributed by atoms with Crippen LogP contribution in [-0.4, -0.2) is 17.0 Å². The van der Waals surface area contributed by atoms with Gasteiger partial charge in [-0.25, -0.2) is 0 Å². The quantitative estimate of drug-likeness (QED) is 0.656. The second kappa shape index (κ2) is 3.12. The fourth-order valence-electron chi connectivity index (χ4n) is 2.28. The number of hydrogen-bond acceptors (Lipinski definition) is 2. The van der Waals surface area contributed by atoms with Crippen LogP contribution in [0.25, 0.3) is 0 Å². The Morgan fingerprint density at radius 2 is 2.29 bits per heavy atom. The van der Waals surface area contributed by atoms with Gasteiger partial charge in [-0.1, -0.05) is 6.08 Å². The zero-order valence-corrected chi connectivity index (χ0v) is 7.88. The number of aliphatic carboxylic acids is 1. The number of carboxylic acids is 1. The van der Waals surface area contributed by atoms with E-state index in [1.54, 1.807) is 0 Å². The maximum atomic E-state index is 11.2. The van der Waals surface area contributed by atoms with E-state index in [-0.39, 0.29) is 5.91 Å². The van der Waals surface area contributed by atoms with Crippen molar-refractivity contribution in [2.24, 2.45) is 5.41 Å². The van der Waals surface area contributed by atoms with Crippen LogP contribution >= 0.6 is 0 Å². The number of carbonyl (C=O) groups excluding carboxylic acids is 1. The Morgan fingerprint density at radius 3 is 3.00 bits per heavy atom. The van der Waals surface area contributed by atoms with E-state index < -0.39 is 11.4 Å². The third-order valence-corrected chi connectivity index (χ3v) is 3.13. The molecule has 0 aromatic heterocycles. The molecule has 2 N–H and O–H groups in total. The number of hydrogen-bond donors (Lipinski definition) is 2. The minimum atomic E-state index is -0.802. The van der Waals surface area contributed by atoms with Crippen molar-refractivity contribution in [1.82, 2.24) is 5.32 Å². The average molecular weight is 195 g/mol. The average Bonchev–Trinajstić information content (AvgIpc) is 2.17. The molecule has 0 unspecified atom stereocenters. The fourth-order valence-corrected chi connectivity index (χ4v) is 2.28. The molecule has 4 heteroatoms. The molecule has 2 aliphatic rings. The van der Waals surface area contributed by atoms with Crippen molar-refractivity contribution in [2.45, 2.75) is 32.1 Å². The lowest BCUT2D eigenvalue weighted by atomic mass is 9.71. The molecular formula is C10H13NO3. The van der Waals surface area contributed by atoms with E-state index in [4.69, 9.17) is 0 Å². The van der Waals surface area contributed by atoms with E-state index in [1.165, 1.54) is 0 Å². The summed E-state index contributed by atoms with van der Waals surface area (Å²) >= 11 is 0. The Hall–Kier alpha value is -1.32. The summed E-state index contributed by atoms with van der Waals surface area (Å²) in [6.45, 7) is 0. The van der Waals surface area contributed by atoms with Gasteiger partial charge in [0.05, 0.1) is 0 Å². The van der Waals surface area contributed by atoms with E-state index in [1.807, 2.05) is 6.08 Å². The number of allylic oxidation sites excluding steroid dienone is 1. The highest BCUT2D eigenvalue weighted by Crippen LogP contribution is 2.42.